The summed E-state index contributed by atoms with van der Waals surface area (Å²) in [4.78, 5) is 2.62. The van der Waals surface area contributed by atoms with Crippen LogP contribution in [0.3, 0.4) is 0 Å². The number of aryl methyl sites for hydroxylation is 3. The number of nitrogens with two attached hydrogens (primary N) is 1. The van der Waals surface area contributed by atoms with E-state index in [1.807, 2.05) is 0 Å². The molecule has 0 aromatic heterocycles. The van der Waals surface area contributed by atoms with E-state index in [1.54, 1.807) is 0 Å². The maximum Gasteiger partial charge on any atom is 0.0325 e. The number of nitrogens with zero attached hydrogens (tertiary/aromatic N) is 1. The van der Waals surface area contributed by atoms with E-state index >= 15 is 0 Å². The summed E-state index contributed by atoms with van der Waals surface area (Å²) in [5.74, 6) is 0.740. The molecule has 1 heterocycles. The quantitative estimate of drug-likeness (QED) is 0.903. The summed E-state index contributed by atoms with van der Waals surface area (Å²) < 4.78 is 0. The summed E-state index contributed by atoms with van der Waals surface area (Å²) in [6, 6.07) is 5.15. The van der Waals surface area contributed by atoms with E-state index in [1.165, 1.54) is 48.2 Å². The molecule has 1 aliphatic rings. The number of likely N-dealkylation sites (tertiary alicyclic amines) is 1. The van der Waals surface area contributed by atoms with Crippen LogP contribution in [-0.4, -0.2) is 24.5 Å². The predicted molar refractivity (Wildman–Crippen MR) is 82.4 cm³/mol. The van der Waals surface area contributed by atoms with Gasteiger partial charge in [0.15, 0.2) is 0 Å². The van der Waals surface area contributed by atoms with Crippen molar-refractivity contribution in [1.29, 1.82) is 0 Å². The van der Waals surface area contributed by atoms with E-state index in [-0.39, 0.29) is 0 Å². The molecule has 0 radical (unpaired) electrons. The summed E-state index contributed by atoms with van der Waals surface area (Å²) in [6.45, 7) is 12.3. The SMILES string of the molecule is Cc1cc(C)c(C(C)N2CCC(CN)CC2)c(C)c1. The van der Waals surface area contributed by atoms with Crippen LogP contribution in [-0.2, 0) is 0 Å². The summed E-state index contributed by atoms with van der Waals surface area (Å²) in [5.41, 5.74) is 11.5. The lowest BCUT2D eigenvalue weighted by molar-refractivity contribution is 0.143. The van der Waals surface area contributed by atoms with E-state index in [9.17, 15) is 0 Å². The van der Waals surface area contributed by atoms with Crippen molar-refractivity contribution in [1.82, 2.24) is 4.90 Å². The average molecular weight is 260 g/mol. The zero-order chi connectivity index (χ0) is 14.0. The largest absolute Gasteiger partial charge is 0.330 e. The van der Waals surface area contributed by atoms with E-state index in [2.05, 4.69) is 44.7 Å². The summed E-state index contributed by atoms with van der Waals surface area (Å²) >= 11 is 0. The molecule has 0 bridgehead atoms. The van der Waals surface area contributed by atoms with Gasteiger partial charge in [0.05, 0.1) is 0 Å². The minimum absolute atomic E-state index is 0.527. The van der Waals surface area contributed by atoms with Crippen LogP contribution in [0.4, 0.5) is 0 Å². The minimum Gasteiger partial charge on any atom is -0.330 e. The number of hydrogen-bond acceptors (Lipinski definition) is 2. The Kier molecular flexibility index (Phi) is 4.64. The molecule has 2 N–H and O–H groups in total. The van der Waals surface area contributed by atoms with Gasteiger partial charge < -0.3 is 5.73 Å². The molecule has 0 aliphatic carbocycles. The standard InChI is InChI=1S/C17H28N2/c1-12-9-13(2)17(14(3)10-12)15(4)19-7-5-16(11-18)6-8-19/h9-10,15-16H,5-8,11,18H2,1-4H3. The summed E-state index contributed by atoms with van der Waals surface area (Å²) in [6.07, 6.45) is 2.51. The van der Waals surface area contributed by atoms with E-state index < -0.39 is 0 Å². The second-order valence-corrected chi connectivity index (χ2v) is 6.20. The monoisotopic (exact) mass is 260 g/mol. The Bertz CT molecular complexity index is 408. The van der Waals surface area contributed by atoms with Crippen molar-refractivity contribution in [2.75, 3.05) is 19.6 Å². The molecule has 0 saturated carbocycles. The lowest BCUT2D eigenvalue weighted by atomic mass is 9.91. The molecule has 1 unspecified atom stereocenters. The third kappa shape index (κ3) is 3.18. The third-order valence-electron chi connectivity index (χ3n) is 4.69. The molecule has 0 spiro atoms. The van der Waals surface area contributed by atoms with Gasteiger partial charge in [-0.1, -0.05) is 17.7 Å². The number of piperidine rings is 1. The predicted octanol–water partition coefficient (Wildman–Crippen LogP) is 3.34. The Balaban J connectivity index is 2.14. The second-order valence-electron chi connectivity index (χ2n) is 6.20. The van der Waals surface area contributed by atoms with Crippen LogP contribution in [0.25, 0.3) is 0 Å². The first-order valence-corrected chi connectivity index (χ1v) is 7.54. The van der Waals surface area contributed by atoms with Gasteiger partial charge in [0, 0.05) is 6.04 Å². The van der Waals surface area contributed by atoms with Gasteiger partial charge in [-0.25, -0.2) is 0 Å². The van der Waals surface area contributed by atoms with Gasteiger partial charge in [-0.2, -0.15) is 0 Å². The van der Waals surface area contributed by atoms with Crippen LogP contribution in [0, 0.1) is 26.7 Å². The maximum absolute atomic E-state index is 5.78. The van der Waals surface area contributed by atoms with Crippen molar-refractivity contribution in [2.24, 2.45) is 11.7 Å². The molecule has 106 valence electrons. The van der Waals surface area contributed by atoms with Gasteiger partial charge in [0.2, 0.25) is 0 Å². The Hall–Kier alpha value is -0.860. The molecule has 2 rings (SSSR count). The number of benzene rings is 1. The Morgan fingerprint density at radius 3 is 2.16 bits per heavy atom. The van der Waals surface area contributed by atoms with Gasteiger partial charge in [-0.3, -0.25) is 4.90 Å². The lowest BCUT2D eigenvalue weighted by Gasteiger charge is -2.37. The molecule has 1 aromatic rings. The summed E-state index contributed by atoms with van der Waals surface area (Å²) in [7, 11) is 0. The molecular weight excluding hydrogens is 232 g/mol. The zero-order valence-electron chi connectivity index (χ0n) is 12.9. The van der Waals surface area contributed by atoms with Crippen molar-refractivity contribution in [3.05, 3.63) is 34.4 Å². The van der Waals surface area contributed by atoms with E-state index in [4.69, 9.17) is 5.73 Å². The normalized spacial score (nSPS) is 19.6. The van der Waals surface area contributed by atoms with Crippen molar-refractivity contribution >= 4 is 0 Å². The van der Waals surface area contributed by atoms with Crippen molar-refractivity contribution in [3.63, 3.8) is 0 Å². The Morgan fingerprint density at radius 2 is 1.68 bits per heavy atom. The van der Waals surface area contributed by atoms with Crippen molar-refractivity contribution in [3.8, 4) is 0 Å². The fourth-order valence-corrected chi connectivity index (χ4v) is 3.61. The van der Waals surface area contributed by atoms with Crippen LogP contribution >= 0.6 is 0 Å². The van der Waals surface area contributed by atoms with Crippen LogP contribution in [0.5, 0.6) is 0 Å². The first-order chi connectivity index (χ1) is 9.02. The van der Waals surface area contributed by atoms with Gasteiger partial charge in [0.1, 0.15) is 0 Å². The highest BCUT2D eigenvalue weighted by Crippen LogP contribution is 2.30. The molecular formula is C17H28N2. The second kappa shape index (κ2) is 6.06. The molecule has 1 fully saturated rings. The van der Waals surface area contributed by atoms with Crippen LogP contribution in [0.1, 0.15) is 48.1 Å². The molecule has 1 saturated heterocycles. The smallest absolute Gasteiger partial charge is 0.0325 e. The molecule has 0 amide bonds. The van der Waals surface area contributed by atoms with Gasteiger partial charge in [-0.15, -0.1) is 0 Å². The Morgan fingerprint density at radius 1 is 1.16 bits per heavy atom. The minimum atomic E-state index is 0.527. The average Bonchev–Trinajstić information content (AvgIpc) is 2.37. The van der Waals surface area contributed by atoms with Crippen LogP contribution < -0.4 is 5.73 Å². The first kappa shape index (κ1) is 14.5. The van der Waals surface area contributed by atoms with Gasteiger partial charge in [0.25, 0.3) is 0 Å². The highest BCUT2D eigenvalue weighted by atomic mass is 15.2. The highest BCUT2D eigenvalue weighted by Gasteiger charge is 2.24. The van der Waals surface area contributed by atoms with Crippen LogP contribution in [0.2, 0.25) is 0 Å². The molecule has 2 heteroatoms. The molecule has 1 aromatic carbocycles. The topological polar surface area (TPSA) is 29.3 Å². The Labute approximate surface area is 118 Å². The van der Waals surface area contributed by atoms with E-state index in [0.29, 0.717) is 6.04 Å². The highest BCUT2D eigenvalue weighted by molar-refractivity contribution is 5.39. The fourth-order valence-electron chi connectivity index (χ4n) is 3.61. The van der Waals surface area contributed by atoms with Gasteiger partial charge >= 0.3 is 0 Å². The molecule has 2 nitrogen and oxygen atoms in total. The summed E-state index contributed by atoms with van der Waals surface area (Å²) in [5, 5.41) is 0. The first-order valence-electron chi connectivity index (χ1n) is 7.54. The fraction of sp³-hybridized carbons (Fsp3) is 0.647. The van der Waals surface area contributed by atoms with Crippen LogP contribution in [0.15, 0.2) is 12.1 Å². The van der Waals surface area contributed by atoms with E-state index in [0.717, 1.165) is 12.5 Å². The van der Waals surface area contributed by atoms with Crippen molar-refractivity contribution in [2.45, 2.75) is 46.6 Å². The molecule has 1 atom stereocenters. The molecule has 19 heavy (non-hydrogen) atoms. The van der Waals surface area contributed by atoms with Gasteiger partial charge in [-0.05, 0) is 82.8 Å². The zero-order valence-corrected chi connectivity index (χ0v) is 12.9. The number of hydrogen-bond donors (Lipinski definition) is 1. The molecule has 1 aliphatic heterocycles. The third-order valence-corrected chi connectivity index (χ3v) is 4.69. The lowest BCUT2D eigenvalue weighted by Crippen LogP contribution is -2.38. The maximum atomic E-state index is 5.78. The van der Waals surface area contributed by atoms with Crippen molar-refractivity contribution < 1.29 is 0 Å². The number of rotatable bonds is 3.